The van der Waals surface area contributed by atoms with E-state index in [1.54, 1.807) is 0 Å². The average molecular weight is 271 g/mol. The Morgan fingerprint density at radius 1 is 1.25 bits per heavy atom. The minimum Gasteiger partial charge on any atom is -0.478 e. The van der Waals surface area contributed by atoms with Crippen molar-refractivity contribution in [2.24, 2.45) is 0 Å². The lowest BCUT2D eigenvalue weighted by molar-refractivity contribution is 0.328. The van der Waals surface area contributed by atoms with E-state index in [1.165, 1.54) is 18.5 Å². The highest BCUT2D eigenvalue weighted by Crippen LogP contribution is 2.26. The van der Waals surface area contributed by atoms with Crippen molar-refractivity contribution in [1.29, 1.82) is 0 Å². The Morgan fingerprint density at radius 3 is 2.90 bits per heavy atom. The van der Waals surface area contributed by atoms with Gasteiger partial charge in [-0.05, 0) is 51.1 Å². The number of nitrogens with one attached hydrogen (secondary N) is 2. The number of rotatable bonds is 4. The molecule has 1 fully saturated rings. The standard InChI is InChI=1S/C16H21N3O/c1-2-20-16-7-6-13-14(4-3-5-15(13)19-16)18-12-8-10-17-11-9-12/h3-7,12,17-18H,2,8-11H2,1H3. The van der Waals surface area contributed by atoms with Gasteiger partial charge < -0.3 is 15.4 Å². The maximum Gasteiger partial charge on any atom is 0.213 e. The zero-order valence-electron chi connectivity index (χ0n) is 11.9. The number of hydrogen-bond acceptors (Lipinski definition) is 4. The SMILES string of the molecule is CCOc1ccc2c(NC3CCNCC3)cccc2n1. The molecule has 2 heterocycles. The van der Waals surface area contributed by atoms with Gasteiger partial charge in [-0.3, -0.25) is 0 Å². The van der Waals surface area contributed by atoms with Crippen LogP contribution in [0.2, 0.25) is 0 Å². The smallest absolute Gasteiger partial charge is 0.213 e. The van der Waals surface area contributed by atoms with Gasteiger partial charge in [0, 0.05) is 23.2 Å². The summed E-state index contributed by atoms with van der Waals surface area (Å²) in [5.41, 5.74) is 2.15. The van der Waals surface area contributed by atoms with Gasteiger partial charge in [0.05, 0.1) is 12.1 Å². The van der Waals surface area contributed by atoms with Crippen LogP contribution in [0.15, 0.2) is 30.3 Å². The summed E-state index contributed by atoms with van der Waals surface area (Å²) in [6, 6.07) is 10.8. The van der Waals surface area contributed by atoms with Crippen molar-refractivity contribution in [3.63, 3.8) is 0 Å². The molecule has 0 bridgehead atoms. The molecule has 0 spiro atoms. The molecule has 0 aliphatic carbocycles. The van der Waals surface area contributed by atoms with Gasteiger partial charge in [0.25, 0.3) is 0 Å². The van der Waals surface area contributed by atoms with Crippen molar-refractivity contribution in [1.82, 2.24) is 10.3 Å². The highest BCUT2D eigenvalue weighted by Gasteiger charge is 2.13. The normalized spacial score (nSPS) is 16.2. The third-order valence-electron chi connectivity index (χ3n) is 3.70. The second-order valence-corrected chi connectivity index (χ2v) is 5.12. The molecule has 0 amide bonds. The highest BCUT2D eigenvalue weighted by atomic mass is 16.5. The summed E-state index contributed by atoms with van der Waals surface area (Å²) in [4.78, 5) is 4.54. The molecule has 106 valence electrons. The summed E-state index contributed by atoms with van der Waals surface area (Å²) < 4.78 is 5.46. The van der Waals surface area contributed by atoms with E-state index in [2.05, 4.69) is 33.8 Å². The maximum atomic E-state index is 5.46. The quantitative estimate of drug-likeness (QED) is 0.897. The predicted octanol–water partition coefficient (Wildman–Crippen LogP) is 2.80. The molecule has 0 atom stereocenters. The first-order valence-electron chi connectivity index (χ1n) is 7.36. The number of anilines is 1. The van der Waals surface area contributed by atoms with Gasteiger partial charge in [-0.2, -0.15) is 0 Å². The number of aromatic nitrogens is 1. The van der Waals surface area contributed by atoms with E-state index in [9.17, 15) is 0 Å². The second-order valence-electron chi connectivity index (χ2n) is 5.12. The zero-order chi connectivity index (χ0) is 13.8. The Bertz CT molecular complexity index is 579. The first-order chi connectivity index (χ1) is 9.86. The minimum atomic E-state index is 0.549. The van der Waals surface area contributed by atoms with Gasteiger partial charge in [-0.15, -0.1) is 0 Å². The molecule has 2 aromatic rings. The average Bonchev–Trinajstić information content (AvgIpc) is 2.49. The molecule has 4 heteroatoms. The monoisotopic (exact) mass is 271 g/mol. The lowest BCUT2D eigenvalue weighted by atomic mass is 10.1. The van der Waals surface area contributed by atoms with Crippen molar-refractivity contribution >= 4 is 16.6 Å². The molecule has 4 nitrogen and oxygen atoms in total. The van der Waals surface area contributed by atoms with E-state index in [-0.39, 0.29) is 0 Å². The predicted molar refractivity (Wildman–Crippen MR) is 82.4 cm³/mol. The van der Waals surface area contributed by atoms with E-state index in [1.807, 2.05) is 19.1 Å². The largest absolute Gasteiger partial charge is 0.478 e. The van der Waals surface area contributed by atoms with Crippen LogP contribution in [0, 0.1) is 0 Å². The Labute approximate surface area is 119 Å². The van der Waals surface area contributed by atoms with Crippen LogP contribution in [-0.4, -0.2) is 30.7 Å². The molecule has 2 N–H and O–H groups in total. The lowest BCUT2D eigenvalue weighted by Crippen LogP contribution is -2.35. The van der Waals surface area contributed by atoms with E-state index in [4.69, 9.17) is 4.74 Å². The topological polar surface area (TPSA) is 46.2 Å². The van der Waals surface area contributed by atoms with Crippen molar-refractivity contribution in [3.05, 3.63) is 30.3 Å². The van der Waals surface area contributed by atoms with Gasteiger partial charge in [0.1, 0.15) is 0 Å². The van der Waals surface area contributed by atoms with Crippen LogP contribution in [0.3, 0.4) is 0 Å². The number of benzene rings is 1. The summed E-state index contributed by atoms with van der Waals surface area (Å²) >= 11 is 0. The van der Waals surface area contributed by atoms with Gasteiger partial charge in [-0.25, -0.2) is 4.98 Å². The number of pyridine rings is 1. The van der Waals surface area contributed by atoms with Crippen LogP contribution in [-0.2, 0) is 0 Å². The summed E-state index contributed by atoms with van der Waals surface area (Å²) in [6.45, 7) is 4.80. The Morgan fingerprint density at radius 2 is 2.10 bits per heavy atom. The molecular formula is C16H21N3O. The van der Waals surface area contributed by atoms with Crippen molar-refractivity contribution in [2.75, 3.05) is 25.0 Å². The maximum absolute atomic E-state index is 5.46. The zero-order valence-corrected chi connectivity index (χ0v) is 11.9. The van der Waals surface area contributed by atoms with E-state index >= 15 is 0 Å². The minimum absolute atomic E-state index is 0.549. The molecule has 0 unspecified atom stereocenters. The molecule has 1 aromatic heterocycles. The third-order valence-corrected chi connectivity index (χ3v) is 3.70. The van der Waals surface area contributed by atoms with Crippen molar-refractivity contribution in [2.45, 2.75) is 25.8 Å². The van der Waals surface area contributed by atoms with Crippen LogP contribution < -0.4 is 15.4 Å². The van der Waals surface area contributed by atoms with Crippen molar-refractivity contribution in [3.8, 4) is 5.88 Å². The summed E-state index contributed by atoms with van der Waals surface area (Å²) in [7, 11) is 0. The van der Waals surface area contributed by atoms with Crippen LogP contribution in [0.4, 0.5) is 5.69 Å². The van der Waals surface area contributed by atoms with E-state index in [0.717, 1.165) is 24.0 Å². The molecule has 0 saturated carbocycles. The molecule has 1 aliphatic heterocycles. The fraction of sp³-hybridized carbons (Fsp3) is 0.438. The fourth-order valence-corrected chi connectivity index (χ4v) is 2.68. The molecule has 1 aromatic carbocycles. The van der Waals surface area contributed by atoms with Crippen molar-refractivity contribution < 1.29 is 4.74 Å². The molecule has 1 saturated heterocycles. The Balaban J connectivity index is 1.86. The second kappa shape index (κ2) is 6.09. The molecule has 20 heavy (non-hydrogen) atoms. The van der Waals surface area contributed by atoms with Gasteiger partial charge in [0.15, 0.2) is 0 Å². The summed E-state index contributed by atoms with van der Waals surface area (Å²) in [5, 5.41) is 8.21. The molecular weight excluding hydrogens is 250 g/mol. The number of piperidine rings is 1. The Hall–Kier alpha value is -1.81. The van der Waals surface area contributed by atoms with Gasteiger partial charge in [-0.1, -0.05) is 6.07 Å². The molecule has 3 rings (SSSR count). The van der Waals surface area contributed by atoms with Crippen LogP contribution >= 0.6 is 0 Å². The lowest BCUT2D eigenvalue weighted by Gasteiger charge is -2.25. The van der Waals surface area contributed by atoms with Gasteiger partial charge in [0.2, 0.25) is 5.88 Å². The number of nitrogens with zero attached hydrogens (tertiary/aromatic N) is 1. The van der Waals surface area contributed by atoms with Gasteiger partial charge >= 0.3 is 0 Å². The summed E-state index contributed by atoms with van der Waals surface area (Å²) in [6.07, 6.45) is 2.34. The molecule has 0 radical (unpaired) electrons. The van der Waals surface area contributed by atoms with E-state index < -0.39 is 0 Å². The Kier molecular flexibility index (Phi) is 4.02. The number of hydrogen-bond donors (Lipinski definition) is 2. The first-order valence-corrected chi connectivity index (χ1v) is 7.36. The molecule has 1 aliphatic rings. The van der Waals surface area contributed by atoms with Crippen LogP contribution in [0.25, 0.3) is 10.9 Å². The fourth-order valence-electron chi connectivity index (χ4n) is 2.68. The third kappa shape index (κ3) is 2.85. The van der Waals surface area contributed by atoms with Crippen LogP contribution in [0.5, 0.6) is 5.88 Å². The summed E-state index contributed by atoms with van der Waals surface area (Å²) in [5.74, 6) is 0.694. The number of ether oxygens (including phenoxy) is 1. The van der Waals surface area contributed by atoms with E-state index in [0.29, 0.717) is 18.5 Å². The highest BCUT2D eigenvalue weighted by molar-refractivity contribution is 5.91. The van der Waals surface area contributed by atoms with Crippen LogP contribution in [0.1, 0.15) is 19.8 Å². The number of fused-ring (bicyclic) bond motifs is 1. The first kappa shape index (κ1) is 13.2.